The van der Waals surface area contributed by atoms with E-state index >= 15 is 0 Å². The van der Waals surface area contributed by atoms with Gasteiger partial charge in [-0.2, -0.15) is 0 Å². The van der Waals surface area contributed by atoms with Crippen LogP contribution in [0.25, 0.3) is 0 Å². The number of carbonyl (C=O) groups is 2. The molecule has 18 heavy (non-hydrogen) atoms. The normalized spacial score (nSPS) is 11.9. The number of amides is 1. The maximum atomic E-state index is 12.0. The monoisotopic (exact) mass is 377 g/mol. The number of rotatable bonds is 5. The summed E-state index contributed by atoms with van der Waals surface area (Å²) in [6, 6.07) is 5.14. The van der Waals surface area contributed by atoms with Crippen LogP contribution < -0.4 is 5.32 Å². The molecule has 98 valence electrons. The molecular weight excluding hydrogens is 366 g/mol. The predicted octanol–water partition coefficient (Wildman–Crippen LogP) is 3.19. The Balaban J connectivity index is 2.64. The fourth-order valence-corrected chi connectivity index (χ4v) is 2.17. The lowest BCUT2D eigenvalue weighted by molar-refractivity contribution is -0.137. The van der Waals surface area contributed by atoms with Crippen LogP contribution in [-0.4, -0.2) is 23.0 Å². The van der Waals surface area contributed by atoms with Gasteiger partial charge >= 0.3 is 5.97 Å². The molecule has 4 nitrogen and oxygen atoms in total. The molecule has 1 aromatic rings. The van der Waals surface area contributed by atoms with E-state index in [0.717, 1.165) is 4.47 Å². The number of benzene rings is 1. The van der Waals surface area contributed by atoms with E-state index in [-0.39, 0.29) is 18.4 Å². The number of nitrogens with one attached hydrogen (secondary N) is 1. The summed E-state index contributed by atoms with van der Waals surface area (Å²) in [7, 11) is 0. The molecule has 0 aliphatic heterocycles. The predicted molar refractivity (Wildman–Crippen MR) is 75.6 cm³/mol. The van der Waals surface area contributed by atoms with Crippen molar-refractivity contribution < 1.29 is 14.7 Å². The summed E-state index contributed by atoms with van der Waals surface area (Å²) >= 11 is 6.61. The topological polar surface area (TPSA) is 66.4 Å². The first-order chi connectivity index (χ1) is 8.40. The molecule has 2 N–H and O–H groups in total. The van der Waals surface area contributed by atoms with Gasteiger partial charge in [0.2, 0.25) is 0 Å². The van der Waals surface area contributed by atoms with E-state index in [1.54, 1.807) is 19.1 Å². The smallest absolute Gasteiger partial charge is 0.303 e. The molecule has 0 fully saturated rings. The van der Waals surface area contributed by atoms with Crippen molar-refractivity contribution in [2.45, 2.75) is 25.8 Å². The quantitative estimate of drug-likeness (QED) is 0.826. The van der Waals surface area contributed by atoms with Gasteiger partial charge in [-0.3, -0.25) is 9.59 Å². The Kier molecular flexibility index (Phi) is 5.81. The minimum absolute atomic E-state index is 0.0428. The van der Waals surface area contributed by atoms with Gasteiger partial charge in [0.25, 0.3) is 5.91 Å². The lowest BCUT2D eigenvalue weighted by Crippen LogP contribution is -2.33. The van der Waals surface area contributed by atoms with Crippen molar-refractivity contribution in [3.8, 4) is 0 Å². The average Bonchev–Trinajstić information content (AvgIpc) is 2.29. The van der Waals surface area contributed by atoms with Gasteiger partial charge in [-0.15, -0.1) is 0 Å². The third-order valence-electron chi connectivity index (χ3n) is 2.34. The first kappa shape index (κ1) is 15.2. The summed E-state index contributed by atoms with van der Waals surface area (Å²) in [6.07, 6.45) is 0.452. The van der Waals surface area contributed by atoms with Crippen molar-refractivity contribution in [3.63, 3.8) is 0 Å². The largest absolute Gasteiger partial charge is 0.481 e. The van der Waals surface area contributed by atoms with E-state index < -0.39 is 5.97 Å². The minimum Gasteiger partial charge on any atom is -0.481 e. The van der Waals surface area contributed by atoms with Gasteiger partial charge in [-0.05, 0) is 47.5 Å². The second kappa shape index (κ2) is 6.89. The Hall–Kier alpha value is -0.880. The molecule has 0 saturated carbocycles. The van der Waals surface area contributed by atoms with Crippen LogP contribution in [0.2, 0.25) is 0 Å². The summed E-state index contributed by atoms with van der Waals surface area (Å²) in [6.45, 7) is 1.78. The van der Waals surface area contributed by atoms with Crippen molar-refractivity contribution in [3.05, 3.63) is 32.7 Å². The summed E-state index contributed by atoms with van der Waals surface area (Å²) < 4.78 is 1.52. The fraction of sp³-hybridized carbons (Fsp3) is 0.333. The van der Waals surface area contributed by atoms with E-state index in [4.69, 9.17) is 5.11 Å². The third-order valence-corrected chi connectivity index (χ3v) is 3.53. The van der Waals surface area contributed by atoms with Gasteiger partial charge in [-0.25, -0.2) is 0 Å². The summed E-state index contributed by atoms with van der Waals surface area (Å²) in [4.78, 5) is 22.4. The molecule has 0 aromatic heterocycles. The first-order valence-electron chi connectivity index (χ1n) is 5.38. The zero-order valence-corrected chi connectivity index (χ0v) is 12.9. The van der Waals surface area contributed by atoms with Gasteiger partial charge < -0.3 is 10.4 Å². The Morgan fingerprint density at radius 2 is 2.06 bits per heavy atom. The first-order valence-corrected chi connectivity index (χ1v) is 6.96. The molecule has 1 aromatic carbocycles. The van der Waals surface area contributed by atoms with Gasteiger partial charge in [0.05, 0.1) is 5.56 Å². The summed E-state index contributed by atoms with van der Waals surface area (Å²) in [5.41, 5.74) is 0.520. The number of carbonyl (C=O) groups excluding carboxylic acids is 1. The van der Waals surface area contributed by atoms with Crippen molar-refractivity contribution in [2.24, 2.45) is 0 Å². The van der Waals surface area contributed by atoms with Crippen molar-refractivity contribution in [1.82, 2.24) is 5.32 Å². The maximum Gasteiger partial charge on any atom is 0.303 e. The van der Waals surface area contributed by atoms with Crippen LogP contribution in [0.5, 0.6) is 0 Å². The molecular formula is C12H13Br2NO3. The zero-order chi connectivity index (χ0) is 13.7. The molecule has 6 heteroatoms. The number of hydrogen-bond donors (Lipinski definition) is 2. The van der Waals surface area contributed by atoms with E-state index in [2.05, 4.69) is 37.2 Å². The Bertz CT molecular complexity index is 463. The van der Waals surface area contributed by atoms with E-state index in [9.17, 15) is 9.59 Å². The number of hydrogen-bond acceptors (Lipinski definition) is 2. The SMILES string of the molecule is CC(CCC(=O)O)NC(=O)c1cc(Br)ccc1Br. The Morgan fingerprint density at radius 1 is 1.39 bits per heavy atom. The third kappa shape index (κ3) is 4.78. The minimum atomic E-state index is -0.861. The number of halogens is 2. The molecule has 0 spiro atoms. The van der Waals surface area contributed by atoms with Gasteiger partial charge in [-0.1, -0.05) is 15.9 Å². The lowest BCUT2D eigenvalue weighted by Gasteiger charge is -2.13. The van der Waals surface area contributed by atoms with Crippen LogP contribution in [0.15, 0.2) is 27.1 Å². The van der Waals surface area contributed by atoms with Crippen LogP contribution in [-0.2, 0) is 4.79 Å². The molecule has 0 aliphatic carbocycles. The van der Waals surface area contributed by atoms with Crippen LogP contribution in [0.1, 0.15) is 30.1 Å². The van der Waals surface area contributed by atoms with Crippen molar-refractivity contribution in [1.29, 1.82) is 0 Å². The van der Waals surface area contributed by atoms with E-state index in [1.807, 2.05) is 6.07 Å². The summed E-state index contributed by atoms with van der Waals surface area (Å²) in [5, 5.41) is 11.3. The van der Waals surface area contributed by atoms with Crippen molar-refractivity contribution >= 4 is 43.7 Å². The highest BCUT2D eigenvalue weighted by atomic mass is 79.9. The van der Waals surface area contributed by atoms with Crippen LogP contribution >= 0.6 is 31.9 Å². The fourth-order valence-electron chi connectivity index (χ4n) is 1.39. The molecule has 1 rings (SSSR count). The Labute approximate surface area is 122 Å². The summed E-state index contributed by atoms with van der Waals surface area (Å²) in [5.74, 6) is -1.08. The van der Waals surface area contributed by atoms with Crippen LogP contribution in [0.4, 0.5) is 0 Å². The van der Waals surface area contributed by atoms with Crippen LogP contribution in [0, 0.1) is 0 Å². The zero-order valence-electron chi connectivity index (χ0n) is 9.74. The molecule has 0 radical (unpaired) electrons. The molecule has 1 unspecified atom stereocenters. The van der Waals surface area contributed by atoms with Gasteiger partial charge in [0.1, 0.15) is 0 Å². The second-order valence-electron chi connectivity index (χ2n) is 3.93. The van der Waals surface area contributed by atoms with E-state index in [1.165, 1.54) is 0 Å². The average molecular weight is 379 g/mol. The van der Waals surface area contributed by atoms with Crippen LogP contribution in [0.3, 0.4) is 0 Å². The van der Waals surface area contributed by atoms with E-state index in [0.29, 0.717) is 16.5 Å². The molecule has 0 heterocycles. The highest BCUT2D eigenvalue weighted by Crippen LogP contribution is 2.21. The van der Waals surface area contributed by atoms with Crippen molar-refractivity contribution in [2.75, 3.05) is 0 Å². The maximum absolute atomic E-state index is 12.0. The molecule has 0 aliphatic rings. The standard InChI is InChI=1S/C12H13Br2NO3/c1-7(2-5-11(16)17)15-12(18)9-6-8(13)3-4-10(9)14/h3-4,6-7H,2,5H2,1H3,(H,15,18)(H,16,17). The second-order valence-corrected chi connectivity index (χ2v) is 5.70. The highest BCUT2D eigenvalue weighted by Gasteiger charge is 2.14. The van der Waals surface area contributed by atoms with Gasteiger partial charge in [0, 0.05) is 21.4 Å². The Morgan fingerprint density at radius 3 is 2.67 bits per heavy atom. The molecule has 1 amide bonds. The highest BCUT2D eigenvalue weighted by molar-refractivity contribution is 9.11. The number of carboxylic acids is 1. The lowest BCUT2D eigenvalue weighted by atomic mass is 10.1. The number of aliphatic carboxylic acids is 1. The van der Waals surface area contributed by atoms with Gasteiger partial charge in [0.15, 0.2) is 0 Å². The molecule has 1 atom stereocenters. The number of carboxylic acid groups (broad SMARTS) is 1. The molecule has 0 bridgehead atoms. The molecule has 0 saturated heterocycles.